The Bertz CT molecular complexity index is 832. The maximum Gasteiger partial charge on any atom is 0.254 e. The van der Waals surface area contributed by atoms with E-state index < -0.39 is 9.84 Å². The lowest BCUT2D eigenvalue weighted by Gasteiger charge is -2.25. The summed E-state index contributed by atoms with van der Waals surface area (Å²) in [6.07, 6.45) is 1.16. The molecule has 1 amide bonds. The first-order valence-electron chi connectivity index (χ1n) is 7.46. The van der Waals surface area contributed by atoms with E-state index in [0.29, 0.717) is 11.1 Å². The van der Waals surface area contributed by atoms with Crippen molar-refractivity contribution in [2.75, 3.05) is 13.3 Å². The van der Waals surface area contributed by atoms with Gasteiger partial charge in [-0.25, -0.2) is 12.8 Å². The van der Waals surface area contributed by atoms with Gasteiger partial charge in [-0.05, 0) is 42.3 Å². The number of amides is 1. The minimum atomic E-state index is -3.16. The summed E-state index contributed by atoms with van der Waals surface area (Å²) in [4.78, 5) is 14.2. The molecule has 0 radical (unpaired) electrons. The average molecular weight is 349 g/mol. The average Bonchev–Trinajstić information content (AvgIpc) is 2.52. The summed E-state index contributed by atoms with van der Waals surface area (Å²) >= 11 is 0. The largest absolute Gasteiger partial charge is 0.335 e. The number of carbonyl (C=O) groups is 1. The van der Waals surface area contributed by atoms with Gasteiger partial charge >= 0.3 is 0 Å². The second kappa shape index (κ2) is 7.13. The topological polar surface area (TPSA) is 54.5 Å². The van der Waals surface area contributed by atoms with Crippen LogP contribution >= 0.6 is 0 Å². The van der Waals surface area contributed by atoms with E-state index in [4.69, 9.17) is 0 Å². The lowest BCUT2D eigenvalue weighted by Crippen LogP contribution is -2.29. The lowest BCUT2D eigenvalue weighted by atomic mass is 10.1. The molecule has 1 atom stereocenters. The third kappa shape index (κ3) is 4.64. The zero-order chi connectivity index (χ0) is 17.9. The first-order valence-corrected chi connectivity index (χ1v) is 9.53. The molecule has 4 nitrogen and oxygen atoms in total. The van der Waals surface area contributed by atoms with Crippen LogP contribution in [0, 0.1) is 5.82 Å². The van der Waals surface area contributed by atoms with Crippen LogP contribution in [0.2, 0.25) is 0 Å². The number of hydrogen-bond donors (Lipinski definition) is 0. The molecule has 0 spiro atoms. The first kappa shape index (κ1) is 18.1. The van der Waals surface area contributed by atoms with E-state index in [1.54, 1.807) is 48.3 Å². The van der Waals surface area contributed by atoms with E-state index in [1.165, 1.54) is 12.1 Å². The van der Waals surface area contributed by atoms with Gasteiger partial charge in [-0.1, -0.05) is 24.3 Å². The van der Waals surface area contributed by atoms with E-state index in [1.807, 2.05) is 6.92 Å². The summed E-state index contributed by atoms with van der Waals surface area (Å²) in [5, 5.41) is 0. The zero-order valence-electron chi connectivity index (χ0n) is 13.9. The van der Waals surface area contributed by atoms with E-state index in [2.05, 4.69) is 0 Å². The Hall–Kier alpha value is -2.21. The fraction of sp³-hybridized carbons (Fsp3) is 0.278. The Morgan fingerprint density at radius 1 is 1.17 bits per heavy atom. The minimum Gasteiger partial charge on any atom is -0.335 e. The number of sulfone groups is 1. The van der Waals surface area contributed by atoms with Crippen LogP contribution in [0.1, 0.15) is 34.5 Å². The highest BCUT2D eigenvalue weighted by atomic mass is 32.2. The SMILES string of the molecule is CC(c1ccc(F)cc1)N(C)C(=O)c1cccc(CS(C)(=O)=O)c1. The molecule has 6 heteroatoms. The lowest BCUT2D eigenvalue weighted by molar-refractivity contribution is 0.0742. The molecule has 0 saturated heterocycles. The van der Waals surface area contributed by atoms with Crippen molar-refractivity contribution >= 4 is 15.7 Å². The van der Waals surface area contributed by atoms with Crippen LogP contribution < -0.4 is 0 Å². The van der Waals surface area contributed by atoms with Crippen molar-refractivity contribution < 1.29 is 17.6 Å². The Kier molecular flexibility index (Phi) is 5.39. The van der Waals surface area contributed by atoms with Crippen LogP contribution in [0.3, 0.4) is 0 Å². The minimum absolute atomic E-state index is 0.106. The summed E-state index contributed by atoms with van der Waals surface area (Å²) in [6, 6.07) is 12.4. The monoisotopic (exact) mass is 349 g/mol. The smallest absolute Gasteiger partial charge is 0.254 e. The Balaban J connectivity index is 2.21. The first-order chi connectivity index (χ1) is 11.2. The van der Waals surface area contributed by atoms with Gasteiger partial charge in [0.2, 0.25) is 0 Å². The van der Waals surface area contributed by atoms with Crippen molar-refractivity contribution in [3.63, 3.8) is 0 Å². The molecule has 0 aliphatic heterocycles. The van der Waals surface area contributed by atoms with Crippen LogP contribution in [0.5, 0.6) is 0 Å². The van der Waals surface area contributed by atoms with Crippen LogP contribution in [-0.4, -0.2) is 32.5 Å². The molecule has 0 fully saturated rings. The van der Waals surface area contributed by atoms with Gasteiger partial charge in [0, 0.05) is 18.9 Å². The maximum absolute atomic E-state index is 13.0. The Labute approximate surface area is 141 Å². The van der Waals surface area contributed by atoms with Gasteiger partial charge in [-0.3, -0.25) is 4.79 Å². The molecule has 0 aliphatic rings. The van der Waals surface area contributed by atoms with Crippen molar-refractivity contribution in [1.82, 2.24) is 4.90 Å². The Morgan fingerprint density at radius 2 is 1.79 bits per heavy atom. The number of rotatable bonds is 5. The molecule has 2 rings (SSSR count). The van der Waals surface area contributed by atoms with Crippen molar-refractivity contribution in [3.05, 3.63) is 71.0 Å². The number of nitrogens with zero attached hydrogens (tertiary/aromatic N) is 1. The van der Waals surface area contributed by atoms with Crippen LogP contribution in [0.25, 0.3) is 0 Å². The van der Waals surface area contributed by atoms with E-state index in [-0.39, 0.29) is 23.5 Å². The van der Waals surface area contributed by atoms with Crippen molar-refractivity contribution in [3.8, 4) is 0 Å². The third-order valence-electron chi connectivity index (χ3n) is 3.86. The van der Waals surface area contributed by atoms with Crippen molar-refractivity contribution in [2.45, 2.75) is 18.7 Å². The molecule has 128 valence electrons. The van der Waals surface area contributed by atoms with Gasteiger partial charge in [0.05, 0.1) is 11.8 Å². The number of halogens is 1. The molecule has 24 heavy (non-hydrogen) atoms. The van der Waals surface area contributed by atoms with Crippen LogP contribution in [0.4, 0.5) is 4.39 Å². The number of benzene rings is 2. The summed E-state index contributed by atoms with van der Waals surface area (Å²) < 4.78 is 35.8. The van der Waals surface area contributed by atoms with Gasteiger partial charge in [0.25, 0.3) is 5.91 Å². The molecular formula is C18H20FNO3S. The molecule has 0 aliphatic carbocycles. The van der Waals surface area contributed by atoms with Crippen molar-refractivity contribution in [1.29, 1.82) is 0 Å². The fourth-order valence-corrected chi connectivity index (χ4v) is 3.23. The van der Waals surface area contributed by atoms with Gasteiger partial charge in [-0.2, -0.15) is 0 Å². The zero-order valence-corrected chi connectivity index (χ0v) is 14.7. The highest BCUT2D eigenvalue weighted by Crippen LogP contribution is 2.21. The third-order valence-corrected chi connectivity index (χ3v) is 4.71. The second-order valence-electron chi connectivity index (χ2n) is 5.91. The summed E-state index contributed by atoms with van der Waals surface area (Å²) in [5.41, 5.74) is 1.82. The quantitative estimate of drug-likeness (QED) is 0.833. The predicted molar refractivity (Wildman–Crippen MR) is 91.9 cm³/mol. The molecule has 0 saturated carbocycles. The molecule has 0 aromatic heterocycles. The van der Waals surface area contributed by atoms with E-state index in [9.17, 15) is 17.6 Å². The number of carbonyl (C=O) groups excluding carboxylic acids is 1. The highest BCUT2D eigenvalue weighted by molar-refractivity contribution is 7.89. The van der Waals surface area contributed by atoms with Crippen molar-refractivity contribution in [2.24, 2.45) is 0 Å². The second-order valence-corrected chi connectivity index (χ2v) is 8.05. The summed E-state index contributed by atoms with van der Waals surface area (Å²) in [7, 11) is -1.50. The molecule has 2 aromatic rings. The molecular weight excluding hydrogens is 329 g/mol. The molecule has 0 bridgehead atoms. The van der Waals surface area contributed by atoms with Crippen LogP contribution in [0.15, 0.2) is 48.5 Å². The van der Waals surface area contributed by atoms with Gasteiger partial charge in [0.15, 0.2) is 9.84 Å². The highest BCUT2D eigenvalue weighted by Gasteiger charge is 2.19. The standard InChI is InChI=1S/C18H20FNO3S/c1-13(15-7-9-17(19)10-8-15)20(2)18(21)16-6-4-5-14(11-16)12-24(3,22)23/h4-11,13H,12H2,1-3H3. The van der Waals surface area contributed by atoms with Gasteiger partial charge < -0.3 is 4.90 Å². The predicted octanol–water partition coefficient (Wildman–Crippen LogP) is 3.20. The van der Waals surface area contributed by atoms with Gasteiger partial charge in [-0.15, -0.1) is 0 Å². The van der Waals surface area contributed by atoms with E-state index >= 15 is 0 Å². The summed E-state index contributed by atoms with van der Waals surface area (Å²) in [5.74, 6) is -0.652. The maximum atomic E-state index is 13.0. The normalized spacial score (nSPS) is 12.7. The molecule has 0 N–H and O–H groups in total. The Morgan fingerprint density at radius 3 is 2.38 bits per heavy atom. The molecule has 0 heterocycles. The van der Waals surface area contributed by atoms with Gasteiger partial charge in [0.1, 0.15) is 5.82 Å². The van der Waals surface area contributed by atoms with Crippen LogP contribution in [-0.2, 0) is 15.6 Å². The van der Waals surface area contributed by atoms with E-state index in [0.717, 1.165) is 11.8 Å². The molecule has 1 unspecified atom stereocenters. The summed E-state index contributed by atoms with van der Waals surface area (Å²) in [6.45, 7) is 1.85. The number of hydrogen-bond acceptors (Lipinski definition) is 3. The molecule has 2 aromatic carbocycles. The fourth-order valence-electron chi connectivity index (χ4n) is 2.44.